The molecule has 0 bridgehead atoms. The van der Waals surface area contributed by atoms with Gasteiger partial charge >= 0.3 is 6.18 Å². The SMILES string of the molecule is CC(C)c1ccc2[nH]c(=O)cc(C(F)(F)F)c2c1. The molecule has 2 aromatic rings. The summed E-state index contributed by atoms with van der Waals surface area (Å²) < 4.78 is 38.6. The molecule has 0 aliphatic heterocycles. The van der Waals surface area contributed by atoms with Crippen LogP contribution in [0.5, 0.6) is 0 Å². The number of H-pyrrole nitrogens is 1. The van der Waals surface area contributed by atoms with E-state index < -0.39 is 17.3 Å². The third-order valence-electron chi connectivity index (χ3n) is 2.84. The van der Waals surface area contributed by atoms with Crippen LogP contribution in [0.2, 0.25) is 0 Å². The van der Waals surface area contributed by atoms with Crippen molar-refractivity contribution in [3.05, 3.63) is 45.7 Å². The highest BCUT2D eigenvalue weighted by Gasteiger charge is 2.33. The Bertz CT molecular complexity index is 641. The van der Waals surface area contributed by atoms with E-state index in [4.69, 9.17) is 0 Å². The van der Waals surface area contributed by atoms with Crippen molar-refractivity contribution in [2.24, 2.45) is 0 Å². The predicted molar refractivity (Wildman–Crippen MR) is 63.7 cm³/mol. The lowest BCUT2D eigenvalue weighted by Gasteiger charge is -2.12. The van der Waals surface area contributed by atoms with Crippen LogP contribution in [0.25, 0.3) is 10.9 Å². The van der Waals surface area contributed by atoms with Crippen molar-refractivity contribution < 1.29 is 13.2 Å². The quantitative estimate of drug-likeness (QED) is 0.828. The van der Waals surface area contributed by atoms with Crippen LogP contribution in [0.4, 0.5) is 13.2 Å². The maximum atomic E-state index is 12.9. The van der Waals surface area contributed by atoms with Crippen LogP contribution < -0.4 is 5.56 Å². The summed E-state index contributed by atoms with van der Waals surface area (Å²) >= 11 is 0. The molecular formula is C13H12F3NO. The first-order valence-corrected chi connectivity index (χ1v) is 5.53. The van der Waals surface area contributed by atoms with Crippen LogP contribution in [-0.2, 0) is 6.18 Å². The van der Waals surface area contributed by atoms with Gasteiger partial charge in [0.25, 0.3) is 0 Å². The summed E-state index contributed by atoms with van der Waals surface area (Å²) in [6, 6.07) is 5.33. The van der Waals surface area contributed by atoms with E-state index in [9.17, 15) is 18.0 Å². The average Bonchev–Trinajstić information content (AvgIpc) is 2.25. The average molecular weight is 255 g/mol. The third-order valence-corrected chi connectivity index (χ3v) is 2.84. The maximum Gasteiger partial charge on any atom is 0.417 e. The largest absolute Gasteiger partial charge is 0.417 e. The maximum absolute atomic E-state index is 12.9. The molecule has 0 unspecified atom stereocenters. The minimum absolute atomic E-state index is 0.0355. The van der Waals surface area contributed by atoms with Crippen molar-refractivity contribution >= 4 is 10.9 Å². The Kier molecular flexibility index (Phi) is 2.92. The van der Waals surface area contributed by atoms with Crippen LogP contribution in [-0.4, -0.2) is 4.98 Å². The zero-order chi connectivity index (χ0) is 13.5. The molecule has 1 heterocycles. The van der Waals surface area contributed by atoms with E-state index in [1.165, 1.54) is 12.1 Å². The molecule has 18 heavy (non-hydrogen) atoms. The van der Waals surface area contributed by atoms with Crippen molar-refractivity contribution in [1.82, 2.24) is 4.98 Å². The number of rotatable bonds is 1. The summed E-state index contributed by atoms with van der Waals surface area (Å²) in [5, 5.41) is 0.0355. The Morgan fingerprint density at radius 3 is 2.39 bits per heavy atom. The van der Waals surface area contributed by atoms with E-state index in [-0.39, 0.29) is 16.8 Å². The molecule has 0 fully saturated rings. The van der Waals surface area contributed by atoms with Crippen LogP contribution in [0, 0.1) is 0 Å². The normalized spacial score (nSPS) is 12.3. The monoisotopic (exact) mass is 255 g/mol. The zero-order valence-corrected chi connectivity index (χ0v) is 9.93. The molecule has 0 spiro atoms. The van der Waals surface area contributed by atoms with Crippen LogP contribution in [0.3, 0.4) is 0 Å². The molecule has 2 nitrogen and oxygen atoms in total. The smallest absolute Gasteiger partial charge is 0.322 e. The molecule has 0 aliphatic carbocycles. The van der Waals surface area contributed by atoms with Gasteiger partial charge in [-0.25, -0.2) is 0 Å². The molecular weight excluding hydrogens is 243 g/mol. The van der Waals surface area contributed by atoms with E-state index in [0.717, 1.165) is 5.56 Å². The van der Waals surface area contributed by atoms with Crippen LogP contribution in [0.1, 0.15) is 30.9 Å². The lowest BCUT2D eigenvalue weighted by molar-refractivity contribution is -0.136. The number of nitrogens with one attached hydrogen (secondary N) is 1. The highest BCUT2D eigenvalue weighted by molar-refractivity contribution is 5.83. The number of aromatic nitrogens is 1. The molecule has 1 aromatic carbocycles. The van der Waals surface area contributed by atoms with Crippen LogP contribution in [0.15, 0.2) is 29.1 Å². The van der Waals surface area contributed by atoms with Gasteiger partial charge in [-0.1, -0.05) is 19.9 Å². The molecule has 0 amide bonds. The van der Waals surface area contributed by atoms with Gasteiger partial charge in [0.15, 0.2) is 0 Å². The molecule has 1 aromatic heterocycles. The molecule has 96 valence electrons. The highest BCUT2D eigenvalue weighted by Crippen LogP contribution is 2.34. The third kappa shape index (κ3) is 2.25. The molecule has 0 saturated heterocycles. The highest BCUT2D eigenvalue weighted by atomic mass is 19.4. The molecule has 0 radical (unpaired) electrons. The Hall–Kier alpha value is -1.78. The predicted octanol–water partition coefficient (Wildman–Crippen LogP) is 3.67. The van der Waals surface area contributed by atoms with E-state index in [2.05, 4.69) is 4.98 Å². The van der Waals surface area contributed by atoms with Crippen molar-refractivity contribution in [2.75, 3.05) is 0 Å². The first-order valence-electron chi connectivity index (χ1n) is 5.53. The number of benzene rings is 1. The second-order valence-electron chi connectivity index (χ2n) is 4.50. The summed E-state index contributed by atoms with van der Waals surface area (Å²) in [5.41, 5.74) is -0.616. The molecule has 0 aliphatic rings. The summed E-state index contributed by atoms with van der Waals surface area (Å²) in [6.45, 7) is 3.81. The topological polar surface area (TPSA) is 32.9 Å². The number of hydrogen-bond donors (Lipinski definition) is 1. The summed E-state index contributed by atoms with van der Waals surface area (Å²) in [7, 11) is 0. The minimum Gasteiger partial charge on any atom is -0.322 e. The van der Waals surface area contributed by atoms with Gasteiger partial charge in [-0.15, -0.1) is 0 Å². The van der Waals surface area contributed by atoms with Gasteiger partial charge in [-0.2, -0.15) is 13.2 Å². The number of aromatic amines is 1. The van der Waals surface area contributed by atoms with Crippen LogP contribution >= 0.6 is 0 Å². The van der Waals surface area contributed by atoms with Crippen molar-refractivity contribution in [3.8, 4) is 0 Å². The van der Waals surface area contributed by atoms with Gasteiger partial charge in [-0.05, 0) is 23.6 Å². The second kappa shape index (κ2) is 4.15. The fraction of sp³-hybridized carbons (Fsp3) is 0.308. The number of hydrogen-bond acceptors (Lipinski definition) is 1. The first-order chi connectivity index (χ1) is 8.29. The lowest BCUT2D eigenvalue weighted by atomic mass is 9.99. The van der Waals surface area contributed by atoms with E-state index in [0.29, 0.717) is 6.07 Å². The number of alkyl halides is 3. The van der Waals surface area contributed by atoms with Crippen molar-refractivity contribution in [3.63, 3.8) is 0 Å². The fourth-order valence-electron chi connectivity index (χ4n) is 1.87. The van der Waals surface area contributed by atoms with Crippen molar-refractivity contribution in [2.45, 2.75) is 25.9 Å². The first kappa shape index (κ1) is 12.7. The van der Waals surface area contributed by atoms with E-state index in [1.807, 2.05) is 13.8 Å². The van der Waals surface area contributed by atoms with Gasteiger partial charge in [0, 0.05) is 17.0 Å². The fourth-order valence-corrected chi connectivity index (χ4v) is 1.87. The Balaban J connectivity index is 2.83. The molecule has 5 heteroatoms. The Morgan fingerprint density at radius 2 is 1.83 bits per heavy atom. The standard InChI is InChI=1S/C13H12F3NO/c1-7(2)8-3-4-11-9(5-8)10(13(14,15)16)6-12(18)17-11/h3-7H,1-2H3,(H,17,18). The summed E-state index contributed by atoms with van der Waals surface area (Å²) in [5.74, 6) is 0.127. The van der Waals surface area contributed by atoms with Crippen molar-refractivity contribution in [1.29, 1.82) is 0 Å². The van der Waals surface area contributed by atoms with Gasteiger partial charge < -0.3 is 4.98 Å². The summed E-state index contributed by atoms with van der Waals surface area (Å²) in [6.07, 6.45) is -4.53. The van der Waals surface area contributed by atoms with E-state index >= 15 is 0 Å². The second-order valence-corrected chi connectivity index (χ2v) is 4.50. The lowest BCUT2D eigenvalue weighted by Crippen LogP contribution is -2.14. The minimum atomic E-state index is -4.53. The Labute approximate surface area is 101 Å². The zero-order valence-electron chi connectivity index (χ0n) is 9.93. The molecule has 0 atom stereocenters. The number of fused-ring (bicyclic) bond motifs is 1. The van der Waals surface area contributed by atoms with Gasteiger partial charge in [0.2, 0.25) is 5.56 Å². The van der Waals surface area contributed by atoms with Gasteiger partial charge in [-0.3, -0.25) is 4.79 Å². The number of pyridine rings is 1. The molecule has 0 saturated carbocycles. The van der Waals surface area contributed by atoms with Gasteiger partial charge in [0.1, 0.15) is 0 Å². The van der Waals surface area contributed by atoms with E-state index in [1.54, 1.807) is 6.07 Å². The number of halogens is 3. The molecule has 1 N–H and O–H groups in total. The Morgan fingerprint density at radius 1 is 1.17 bits per heavy atom. The van der Waals surface area contributed by atoms with Gasteiger partial charge in [0.05, 0.1) is 5.56 Å². The summed E-state index contributed by atoms with van der Waals surface area (Å²) in [4.78, 5) is 13.6. The molecule has 2 rings (SSSR count).